The van der Waals surface area contributed by atoms with Gasteiger partial charge in [0.25, 0.3) is 0 Å². The summed E-state index contributed by atoms with van der Waals surface area (Å²) >= 11 is 0. The Balaban J connectivity index is 1.87. The molecule has 0 aromatic carbocycles. The van der Waals surface area contributed by atoms with E-state index in [0.717, 1.165) is 12.8 Å². The van der Waals surface area contributed by atoms with Crippen LogP contribution in [0.4, 0.5) is 0 Å². The molecule has 1 aliphatic rings. The van der Waals surface area contributed by atoms with Crippen LogP contribution in [0.15, 0.2) is 35.0 Å². The van der Waals surface area contributed by atoms with Crippen LogP contribution in [0, 0.1) is 0 Å². The molecule has 1 aliphatic heterocycles. The Morgan fingerprint density at radius 2 is 2.32 bits per heavy atom. The summed E-state index contributed by atoms with van der Waals surface area (Å²) in [6, 6.07) is 3.42. The van der Waals surface area contributed by atoms with Crippen LogP contribution in [0.25, 0.3) is 0 Å². The van der Waals surface area contributed by atoms with Gasteiger partial charge in [-0.1, -0.05) is 6.58 Å². The van der Waals surface area contributed by atoms with Crippen LogP contribution in [0.5, 0.6) is 0 Å². The lowest BCUT2D eigenvalue weighted by Gasteiger charge is -2.16. The third-order valence-electron chi connectivity index (χ3n) is 2.95. The molecule has 0 aliphatic carbocycles. The van der Waals surface area contributed by atoms with Crippen LogP contribution in [0.1, 0.15) is 31.4 Å². The zero-order valence-corrected chi connectivity index (χ0v) is 10.6. The van der Waals surface area contributed by atoms with Gasteiger partial charge in [0.05, 0.1) is 11.8 Å². The minimum atomic E-state index is -0.570. The van der Waals surface area contributed by atoms with Crippen molar-refractivity contribution in [3.05, 3.63) is 36.3 Å². The summed E-state index contributed by atoms with van der Waals surface area (Å²) in [4.78, 5) is 23.1. The van der Waals surface area contributed by atoms with Crippen LogP contribution >= 0.6 is 0 Å². The Bertz CT molecular complexity index is 460. The highest BCUT2D eigenvalue weighted by molar-refractivity contribution is 5.89. The molecule has 0 bridgehead atoms. The van der Waals surface area contributed by atoms with E-state index in [1.54, 1.807) is 12.1 Å². The van der Waals surface area contributed by atoms with E-state index in [1.165, 1.54) is 6.26 Å². The van der Waals surface area contributed by atoms with Crippen molar-refractivity contribution in [3.63, 3.8) is 0 Å². The quantitative estimate of drug-likeness (QED) is 0.617. The zero-order chi connectivity index (χ0) is 13.7. The van der Waals surface area contributed by atoms with Gasteiger partial charge >= 0.3 is 11.9 Å². The summed E-state index contributed by atoms with van der Waals surface area (Å²) in [7, 11) is 0. The molecule has 0 radical (unpaired) electrons. The molecule has 0 saturated carbocycles. The van der Waals surface area contributed by atoms with Gasteiger partial charge in [-0.15, -0.1) is 0 Å². The third kappa shape index (κ3) is 3.71. The fourth-order valence-corrected chi connectivity index (χ4v) is 1.88. The SMILES string of the molecule is C=C(C(=O)OCc1ccco1)C1CCCCC(=O)O1. The van der Waals surface area contributed by atoms with Gasteiger partial charge in [-0.05, 0) is 31.4 Å². The molecule has 5 heteroatoms. The summed E-state index contributed by atoms with van der Waals surface area (Å²) in [5.41, 5.74) is 0.182. The number of cyclic esters (lactones) is 1. The molecule has 1 fully saturated rings. The maximum absolute atomic E-state index is 11.8. The molecule has 5 nitrogen and oxygen atoms in total. The highest BCUT2D eigenvalue weighted by atomic mass is 16.6. The second kappa shape index (κ2) is 6.22. The van der Waals surface area contributed by atoms with Gasteiger partial charge in [0.1, 0.15) is 18.5 Å². The Morgan fingerprint density at radius 3 is 3.05 bits per heavy atom. The molecule has 1 saturated heterocycles. The molecule has 0 amide bonds. The molecule has 19 heavy (non-hydrogen) atoms. The van der Waals surface area contributed by atoms with E-state index in [9.17, 15) is 9.59 Å². The van der Waals surface area contributed by atoms with Crippen molar-refractivity contribution in [2.45, 2.75) is 38.4 Å². The van der Waals surface area contributed by atoms with Crippen LogP contribution in [0.3, 0.4) is 0 Å². The highest BCUT2D eigenvalue weighted by Gasteiger charge is 2.26. The van der Waals surface area contributed by atoms with Crippen molar-refractivity contribution < 1.29 is 23.5 Å². The van der Waals surface area contributed by atoms with Crippen molar-refractivity contribution in [3.8, 4) is 0 Å². The van der Waals surface area contributed by atoms with E-state index in [0.29, 0.717) is 18.6 Å². The van der Waals surface area contributed by atoms with Crippen LogP contribution in [0.2, 0.25) is 0 Å². The third-order valence-corrected chi connectivity index (χ3v) is 2.95. The molecular weight excluding hydrogens is 248 g/mol. The maximum Gasteiger partial charge on any atom is 0.337 e. The van der Waals surface area contributed by atoms with Crippen molar-refractivity contribution in [1.29, 1.82) is 0 Å². The molecule has 1 unspecified atom stereocenters. The molecule has 0 spiro atoms. The second-order valence-electron chi connectivity index (χ2n) is 4.41. The second-order valence-corrected chi connectivity index (χ2v) is 4.41. The molecule has 1 aromatic rings. The topological polar surface area (TPSA) is 65.7 Å². The van der Waals surface area contributed by atoms with E-state index in [4.69, 9.17) is 13.9 Å². The first-order valence-electron chi connectivity index (χ1n) is 6.24. The summed E-state index contributed by atoms with van der Waals surface area (Å²) in [6.45, 7) is 3.72. The van der Waals surface area contributed by atoms with Gasteiger partial charge in [-0.3, -0.25) is 4.79 Å². The number of hydrogen-bond donors (Lipinski definition) is 0. The first kappa shape index (κ1) is 13.4. The number of furan rings is 1. The number of ether oxygens (including phenoxy) is 2. The summed E-state index contributed by atoms with van der Waals surface area (Å²) < 4.78 is 15.3. The predicted octanol–water partition coefficient (Wildman–Crippen LogP) is 2.36. The molecule has 2 rings (SSSR count). The average molecular weight is 264 g/mol. The van der Waals surface area contributed by atoms with E-state index in [1.807, 2.05) is 0 Å². The van der Waals surface area contributed by atoms with E-state index in [-0.39, 0.29) is 18.1 Å². The van der Waals surface area contributed by atoms with Gasteiger partial charge < -0.3 is 13.9 Å². The smallest absolute Gasteiger partial charge is 0.337 e. The van der Waals surface area contributed by atoms with Crippen LogP contribution in [-0.4, -0.2) is 18.0 Å². The summed E-state index contributed by atoms with van der Waals surface area (Å²) in [5, 5.41) is 0. The molecule has 2 heterocycles. The van der Waals surface area contributed by atoms with Gasteiger partial charge in [0.2, 0.25) is 0 Å². The number of hydrogen-bond acceptors (Lipinski definition) is 5. The molecule has 102 valence electrons. The first-order chi connectivity index (χ1) is 9.16. The van der Waals surface area contributed by atoms with E-state index in [2.05, 4.69) is 6.58 Å². The molecule has 1 atom stereocenters. The highest BCUT2D eigenvalue weighted by Crippen LogP contribution is 2.20. The first-order valence-corrected chi connectivity index (χ1v) is 6.24. The maximum atomic E-state index is 11.8. The number of esters is 2. The standard InChI is InChI=1S/C14H16O5/c1-10(12-6-2-3-7-13(15)19-12)14(16)18-9-11-5-4-8-17-11/h4-5,8,12H,1-3,6-7,9H2. The van der Waals surface area contributed by atoms with Gasteiger partial charge in [0.15, 0.2) is 0 Å². The van der Waals surface area contributed by atoms with Gasteiger partial charge in [-0.25, -0.2) is 4.79 Å². The minimum Gasteiger partial charge on any atom is -0.466 e. The fourth-order valence-electron chi connectivity index (χ4n) is 1.88. The van der Waals surface area contributed by atoms with E-state index < -0.39 is 12.1 Å². The molecule has 0 N–H and O–H groups in total. The van der Waals surface area contributed by atoms with Gasteiger partial charge in [0, 0.05) is 6.42 Å². The lowest BCUT2D eigenvalue weighted by Crippen LogP contribution is -2.23. The largest absolute Gasteiger partial charge is 0.466 e. The van der Waals surface area contributed by atoms with Crippen molar-refractivity contribution in [2.75, 3.05) is 0 Å². The average Bonchev–Trinajstić information content (AvgIpc) is 2.83. The number of carbonyl (C=O) groups is 2. The number of carbonyl (C=O) groups excluding carboxylic acids is 2. The fraction of sp³-hybridized carbons (Fsp3) is 0.429. The molecular formula is C14H16O5. The lowest BCUT2D eigenvalue weighted by molar-refractivity contribution is -0.149. The van der Waals surface area contributed by atoms with Gasteiger partial charge in [-0.2, -0.15) is 0 Å². The van der Waals surface area contributed by atoms with Crippen LogP contribution < -0.4 is 0 Å². The normalized spacial score (nSPS) is 19.4. The zero-order valence-electron chi connectivity index (χ0n) is 10.6. The Hall–Kier alpha value is -2.04. The Kier molecular flexibility index (Phi) is 4.39. The predicted molar refractivity (Wildman–Crippen MR) is 66.0 cm³/mol. The lowest BCUT2D eigenvalue weighted by atomic mass is 10.1. The summed E-state index contributed by atoms with van der Waals surface area (Å²) in [6.07, 6.45) is 3.56. The monoisotopic (exact) mass is 264 g/mol. The van der Waals surface area contributed by atoms with Crippen molar-refractivity contribution >= 4 is 11.9 Å². The summed E-state index contributed by atoms with van der Waals surface area (Å²) in [5.74, 6) is -0.294. The Labute approximate surface area is 111 Å². The van der Waals surface area contributed by atoms with Crippen LogP contribution in [-0.2, 0) is 25.7 Å². The van der Waals surface area contributed by atoms with Crippen molar-refractivity contribution in [1.82, 2.24) is 0 Å². The minimum absolute atomic E-state index is 0.0471. The van der Waals surface area contributed by atoms with Crippen molar-refractivity contribution in [2.24, 2.45) is 0 Å². The van der Waals surface area contributed by atoms with E-state index >= 15 is 0 Å². The number of rotatable bonds is 4. The molecule has 1 aromatic heterocycles. The Morgan fingerprint density at radius 1 is 1.47 bits per heavy atom.